The molecule has 0 spiro atoms. The van der Waals surface area contributed by atoms with Crippen LogP contribution in [0.4, 0.5) is 11.4 Å². The molecule has 2 rings (SSSR count). The Labute approximate surface area is 122 Å². The van der Waals surface area contributed by atoms with Crippen molar-refractivity contribution in [2.75, 3.05) is 5.73 Å². The summed E-state index contributed by atoms with van der Waals surface area (Å²) in [5.74, 6) is 0.526. The van der Waals surface area contributed by atoms with Crippen molar-refractivity contribution in [3.63, 3.8) is 0 Å². The fourth-order valence-corrected chi connectivity index (χ4v) is 2.08. The molecule has 104 valence electrons. The fraction of sp³-hybridized carbons (Fsp3) is 0.167. The first-order chi connectivity index (χ1) is 9.40. The van der Waals surface area contributed by atoms with Gasteiger partial charge >= 0.3 is 0 Å². The first-order valence-corrected chi connectivity index (χ1v) is 6.44. The Balaban J connectivity index is 2.46. The zero-order valence-electron chi connectivity index (χ0n) is 10.5. The third kappa shape index (κ3) is 2.69. The van der Waals surface area contributed by atoms with E-state index in [9.17, 15) is 14.9 Å². The van der Waals surface area contributed by atoms with Crippen LogP contribution in [0.3, 0.4) is 0 Å². The molecule has 0 saturated carbocycles. The molecule has 0 fully saturated rings. The molecule has 20 heavy (non-hydrogen) atoms. The molecule has 0 aliphatic carbocycles. The number of aromatic nitrogens is 2. The summed E-state index contributed by atoms with van der Waals surface area (Å²) >= 11 is 3.12. The Kier molecular flexibility index (Phi) is 3.84. The van der Waals surface area contributed by atoms with Crippen LogP contribution in [0.5, 0.6) is 0 Å². The number of nitrogen functional groups attached to an aromatic ring is 1. The largest absolute Gasteiger partial charge is 0.393 e. The number of hydrogen-bond donors (Lipinski definition) is 1. The Morgan fingerprint density at radius 3 is 2.85 bits per heavy atom. The molecular formula is C12H11BrN4O3. The zero-order chi connectivity index (χ0) is 14.9. The normalized spacial score (nSPS) is 10.5. The number of nitrogens with two attached hydrogens (primary N) is 1. The van der Waals surface area contributed by atoms with Crippen LogP contribution in [-0.4, -0.2) is 14.5 Å². The van der Waals surface area contributed by atoms with Gasteiger partial charge in [-0.2, -0.15) is 0 Å². The van der Waals surface area contributed by atoms with Crippen molar-refractivity contribution in [1.82, 2.24) is 9.55 Å². The van der Waals surface area contributed by atoms with Gasteiger partial charge in [0.2, 0.25) is 0 Å². The highest BCUT2D eigenvalue weighted by Crippen LogP contribution is 2.22. The lowest BCUT2D eigenvalue weighted by Gasteiger charge is -2.09. The Hall–Kier alpha value is -2.22. The summed E-state index contributed by atoms with van der Waals surface area (Å²) in [6.07, 6.45) is 1.43. The van der Waals surface area contributed by atoms with Gasteiger partial charge < -0.3 is 5.73 Å². The van der Waals surface area contributed by atoms with Crippen molar-refractivity contribution in [3.05, 3.63) is 60.7 Å². The average molecular weight is 339 g/mol. The first kappa shape index (κ1) is 14.2. The quantitative estimate of drug-likeness (QED) is 0.522. The molecule has 0 aliphatic heterocycles. The molecule has 0 bridgehead atoms. The summed E-state index contributed by atoms with van der Waals surface area (Å²) in [5.41, 5.74) is 5.83. The smallest absolute Gasteiger partial charge is 0.292 e. The summed E-state index contributed by atoms with van der Waals surface area (Å²) < 4.78 is 1.77. The van der Waals surface area contributed by atoms with Crippen molar-refractivity contribution in [3.8, 4) is 0 Å². The lowest BCUT2D eigenvalue weighted by atomic mass is 10.1. The van der Waals surface area contributed by atoms with Crippen molar-refractivity contribution in [2.24, 2.45) is 0 Å². The minimum atomic E-state index is -0.548. The van der Waals surface area contributed by atoms with Gasteiger partial charge in [0.25, 0.3) is 11.2 Å². The summed E-state index contributed by atoms with van der Waals surface area (Å²) in [7, 11) is 0. The second-order valence-corrected chi connectivity index (χ2v) is 5.05. The number of nitrogens with zero attached hydrogens (tertiary/aromatic N) is 3. The van der Waals surface area contributed by atoms with E-state index in [1.165, 1.54) is 22.9 Å². The fourth-order valence-electron chi connectivity index (χ4n) is 1.77. The lowest BCUT2D eigenvalue weighted by molar-refractivity contribution is -0.384. The molecule has 2 aromatic rings. The number of nitro benzene ring substituents is 1. The van der Waals surface area contributed by atoms with Gasteiger partial charge in [-0.25, -0.2) is 4.98 Å². The van der Waals surface area contributed by atoms with Gasteiger partial charge in [-0.3, -0.25) is 19.5 Å². The maximum Gasteiger partial charge on any atom is 0.292 e. The van der Waals surface area contributed by atoms with Crippen LogP contribution < -0.4 is 11.3 Å². The summed E-state index contributed by atoms with van der Waals surface area (Å²) in [6.45, 7) is 1.89. The molecule has 0 aliphatic rings. The van der Waals surface area contributed by atoms with Crippen LogP contribution in [0.2, 0.25) is 0 Å². The highest BCUT2D eigenvalue weighted by Gasteiger charge is 2.13. The molecule has 1 aromatic carbocycles. The second kappa shape index (κ2) is 5.41. The van der Waals surface area contributed by atoms with E-state index in [-0.39, 0.29) is 23.5 Å². The SMILES string of the molecule is Cc1ncc(Br)c(=O)n1Cc1ccc(N)c([N+](=O)[O-])c1. The van der Waals surface area contributed by atoms with Crippen LogP contribution in [0.15, 0.2) is 33.7 Å². The van der Waals surface area contributed by atoms with E-state index >= 15 is 0 Å². The molecule has 1 aromatic heterocycles. The van der Waals surface area contributed by atoms with Crippen LogP contribution >= 0.6 is 15.9 Å². The number of rotatable bonds is 3. The van der Waals surface area contributed by atoms with Gasteiger partial charge in [-0.05, 0) is 34.5 Å². The van der Waals surface area contributed by atoms with Gasteiger partial charge in [-0.15, -0.1) is 0 Å². The van der Waals surface area contributed by atoms with Gasteiger partial charge in [0, 0.05) is 12.3 Å². The van der Waals surface area contributed by atoms with Gasteiger partial charge in [0.05, 0.1) is 11.5 Å². The van der Waals surface area contributed by atoms with Crippen molar-refractivity contribution in [2.45, 2.75) is 13.5 Å². The van der Waals surface area contributed by atoms with Crippen LogP contribution in [0, 0.1) is 17.0 Å². The maximum atomic E-state index is 12.0. The van der Waals surface area contributed by atoms with Crippen molar-refractivity contribution >= 4 is 27.3 Å². The van der Waals surface area contributed by atoms with Crippen molar-refractivity contribution in [1.29, 1.82) is 0 Å². The number of anilines is 1. The summed E-state index contributed by atoms with van der Waals surface area (Å²) in [4.78, 5) is 26.4. The third-order valence-electron chi connectivity index (χ3n) is 2.84. The van der Waals surface area contributed by atoms with Crippen LogP contribution in [-0.2, 0) is 6.54 Å². The minimum Gasteiger partial charge on any atom is -0.393 e. The molecule has 7 nitrogen and oxygen atoms in total. The van der Waals surface area contributed by atoms with E-state index in [0.717, 1.165) is 0 Å². The summed E-state index contributed by atoms with van der Waals surface area (Å²) in [5, 5.41) is 10.9. The standard InChI is InChI=1S/C12H11BrN4O3/c1-7-15-5-9(13)12(18)16(7)6-8-2-3-10(14)11(4-8)17(19)20/h2-5H,6,14H2,1H3. The molecule has 8 heteroatoms. The molecule has 0 unspecified atom stereocenters. The van der Waals surface area contributed by atoms with E-state index in [1.54, 1.807) is 13.0 Å². The molecule has 0 amide bonds. The van der Waals surface area contributed by atoms with E-state index in [1.807, 2.05) is 0 Å². The zero-order valence-corrected chi connectivity index (χ0v) is 12.1. The minimum absolute atomic E-state index is 0.0928. The number of aryl methyl sites for hydroxylation is 1. The highest BCUT2D eigenvalue weighted by molar-refractivity contribution is 9.10. The van der Waals surface area contributed by atoms with E-state index in [4.69, 9.17) is 5.73 Å². The van der Waals surface area contributed by atoms with E-state index < -0.39 is 4.92 Å². The van der Waals surface area contributed by atoms with Gasteiger partial charge in [-0.1, -0.05) is 6.07 Å². The van der Waals surface area contributed by atoms with Gasteiger partial charge in [0.1, 0.15) is 16.0 Å². The first-order valence-electron chi connectivity index (χ1n) is 5.65. The van der Waals surface area contributed by atoms with Crippen LogP contribution in [0.1, 0.15) is 11.4 Å². The monoisotopic (exact) mass is 338 g/mol. The molecule has 1 heterocycles. The average Bonchev–Trinajstić information content (AvgIpc) is 2.40. The summed E-state index contributed by atoms with van der Waals surface area (Å²) in [6, 6.07) is 4.47. The Morgan fingerprint density at radius 1 is 1.50 bits per heavy atom. The van der Waals surface area contributed by atoms with Gasteiger partial charge in [0.15, 0.2) is 0 Å². The number of hydrogen-bond acceptors (Lipinski definition) is 5. The molecular weight excluding hydrogens is 328 g/mol. The predicted molar refractivity (Wildman–Crippen MR) is 77.5 cm³/mol. The number of nitro groups is 1. The number of benzene rings is 1. The highest BCUT2D eigenvalue weighted by atomic mass is 79.9. The second-order valence-electron chi connectivity index (χ2n) is 4.19. The predicted octanol–water partition coefficient (Wildman–Crippen LogP) is 1.85. The van der Waals surface area contributed by atoms with E-state index in [0.29, 0.717) is 15.9 Å². The van der Waals surface area contributed by atoms with Crippen LogP contribution in [0.25, 0.3) is 0 Å². The van der Waals surface area contributed by atoms with E-state index in [2.05, 4.69) is 20.9 Å². The Bertz CT molecular complexity index is 742. The van der Waals surface area contributed by atoms with Crippen molar-refractivity contribution < 1.29 is 4.92 Å². The third-order valence-corrected chi connectivity index (χ3v) is 3.38. The Morgan fingerprint density at radius 2 is 2.20 bits per heavy atom. The molecule has 0 saturated heterocycles. The lowest BCUT2D eigenvalue weighted by Crippen LogP contribution is -2.24. The molecule has 2 N–H and O–H groups in total. The molecule has 0 atom stereocenters. The molecule has 0 radical (unpaired) electrons. The topological polar surface area (TPSA) is 104 Å². The maximum absolute atomic E-state index is 12.0. The number of halogens is 1.